The second kappa shape index (κ2) is 5.99. The Kier molecular flexibility index (Phi) is 4.52. The van der Waals surface area contributed by atoms with E-state index >= 15 is 0 Å². The van der Waals surface area contributed by atoms with Crippen molar-refractivity contribution < 1.29 is 13.2 Å². The number of rotatable bonds is 7. The predicted molar refractivity (Wildman–Crippen MR) is 78.2 cm³/mol. The Morgan fingerprint density at radius 2 is 2.15 bits per heavy atom. The maximum Gasteiger partial charge on any atom is 0.244 e. The number of anilines is 1. The molecule has 0 aliphatic heterocycles. The minimum absolute atomic E-state index is 0.114. The lowest BCUT2D eigenvalue weighted by molar-refractivity contribution is 0.329. The number of nitrogen functional groups attached to an aromatic ring is 1. The second-order valence-electron chi connectivity index (χ2n) is 5.02. The molecule has 0 bridgehead atoms. The van der Waals surface area contributed by atoms with Gasteiger partial charge in [-0.3, -0.25) is 0 Å². The molecule has 0 radical (unpaired) electrons. The highest BCUT2D eigenvalue weighted by Crippen LogP contribution is 2.26. The van der Waals surface area contributed by atoms with Crippen molar-refractivity contribution in [2.45, 2.75) is 23.8 Å². The number of nitrogens with two attached hydrogens (primary N) is 1. The highest BCUT2D eigenvalue weighted by Gasteiger charge is 2.26. The van der Waals surface area contributed by atoms with Crippen molar-refractivity contribution in [3.8, 4) is 5.75 Å². The summed E-state index contributed by atoms with van der Waals surface area (Å²) in [6, 6.07) is 5.13. The molecule has 3 N–H and O–H groups in total. The van der Waals surface area contributed by atoms with Gasteiger partial charge in [0, 0.05) is 30.9 Å². The Morgan fingerprint density at radius 1 is 1.45 bits per heavy atom. The van der Waals surface area contributed by atoms with Crippen molar-refractivity contribution in [2.24, 2.45) is 0 Å². The summed E-state index contributed by atoms with van der Waals surface area (Å²) >= 11 is 0. The molecule has 0 aromatic heterocycles. The number of ether oxygens (including phenoxy) is 1. The van der Waals surface area contributed by atoms with Crippen LogP contribution in [-0.4, -0.2) is 46.6 Å². The lowest BCUT2D eigenvalue weighted by atomic mass is 10.3. The molecule has 20 heavy (non-hydrogen) atoms. The lowest BCUT2D eigenvalue weighted by Crippen LogP contribution is -2.34. The summed E-state index contributed by atoms with van der Waals surface area (Å²) in [7, 11) is -0.143. The number of benzene rings is 1. The van der Waals surface area contributed by atoms with E-state index in [-0.39, 0.29) is 10.6 Å². The van der Waals surface area contributed by atoms with Gasteiger partial charge in [0.05, 0.1) is 7.11 Å². The average Bonchev–Trinajstić information content (AvgIpc) is 3.22. The molecular weight excluding hydrogens is 278 g/mol. The molecule has 0 atom stereocenters. The third-order valence-electron chi connectivity index (χ3n) is 3.40. The molecule has 0 spiro atoms. The molecule has 6 nitrogen and oxygen atoms in total. The van der Waals surface area contributed by atoms with E-state index in [1.54, 1.807) is 6.07 Å². The Morgan fingerprint density at radius 3 is 2.75 bits per heavy atom. The van der Waals surface area contributed by atoms with E-state index in [1.165, 1.54) is 32.1 Å². The van der Waals surface area contributed by atoms with Crippen LogP contribution in [0.15, 0.2) is 23.1 Å². The molecule has 0 heterocycles. The SMILES string of the molecule is COc1cc(N)ccc1S(=O)(=O)NCCN(C)C1CC1. The molecule has 1 aliphatic carbocycles. The van der Waals surface area contributed by atoms with Gasteiger partial charge in [0.25, 0.3) is 0 Å². The number of hydrogen-bond donors (Lipinski definition) is 2. The number of methoxy groups -OCH3 is 1. The molecule has 7 heteroatoms. The summed E-state index contributed by atoms with van der Waals surface area (Å²) in [6.07, 6.45) is 2.41. The second-order valence-corrected chi connectivity index (χ2v) is 6.76. The first-order valence-electron chi connectivity index (χ1n) is 6.57. The quantitative estimate of drug-likeness (QED) is 0.722. The van der Waals surface area contributed by atoms with E-state index < -0.39 is 10.0 Å². The number of likely N-dealkylation sites (N-methyl/N-ethyl adjacent to an activating group) is 1. The van der Waals surface area contributed by atoms with Crippen LogP contribution < -0.4 is 15.2 Å². The smallest absolute Gasteiger partial charge is 0.244 e. The molecule has 1 saturated carbocycles. The van der Waals surface area contributed by atoms with Crippen molar-refractivity contribution in [2.75, 3.05) is 33.0 Å². The molecule has 0 saturated heterocycles. The minimum atomic E-state index is -3.58. The van der Waals surface area contributed by atoms with Crippen LogP contribution in [0.4, 0.5) is 5.69 Å². The number of nitrogens with one attached hydrogen (secondary N) is 1. The maximum atomic E-state index is 12.2. The van der Waals surface area contributed by atoms with E-state index in [0.717, 1.165) is 0 Å². The van der Waals surface area contributed by atoms with E-state index in [1.807, 2.05) is 7.05 Å². The Bertz CT molecular complexity index is 570. The van der Waals surface area contributed by atoms with E-state index in [2.05, 4.69) is 9.62 Å². The average molecular weight is 299 g/mol. The van der Waals surface area contributed by atoms with Crippen LogP contribution in [0.25, 0.3) is 0 Å². The van der Waals surface area contributed by atoms with Gasteiger partial charge in [-0.25, -0.2) is 13.1 Å². The molecule has 0 unspecified atom stereocenters. The minimum Gasteiger partial charge on any atom is -0.495 e. The van der Waals surface area contributed by atoms with Gasteiger partial charge in [0.1, 0.15) is 10.6 Å². The van der Waals surface area contributed by atoms with Crippen LogP contribution in [0.3, 0.4) is 0 Å². The van der Waals surface area contributed by atoms with Gasteiger partial charge in [-0.2, -0.15) is 0 Å². The van der Waals surface area contributed by atoms with Gasteiger partial charge in [0.15, 0.2) is 0 Å². The largest absolute Gasteiger partial charge is 0.495 e. The van der Waals surface area contributed by atoms with E-state index in [0.29, 0.717) is 24.8 Å². The topological polar surface area (TPSA) is 84.7 Å². The lowest BCUT2D eigenvalue weighted by Gasteiger charge is -2.16. The summed E-state index contributed by atoms with van der Waals surface area (Å²) in [5.74, 6) is 0.257. The van der Waals surface area contributed by atoms with E-state index in [9.17, 15) is 8.42 Å². The van der Waals surface area contributed by atoms with Crippen molar-refractivity contribution in [3.63, 3.8) is 0 Å². The molecule has 2 rings (SSSR count). The van der Waals surface area contributed by atoms with Crippen LogP contribution in [0.2, 0.25) is 0 Å². The molecule has 1 aliphatic rings. The molecule has 0 amide bonds. The summed E-state index contributed by atoms with van der Waals surface area (Å²) in [5.41, 5.74) is 6.09. The fourth-order valence-corrected chi connectivity index (χ4v) is 3.21. The van der Waals surface area contributed by atoms with Crippen LogP contribution in [0.1, 0.15) is 12.8 Å². The standard InChI is InChI=1S/C13H21N3O3S/c1-16(11-4-5-11)8-7-15-20(17,18)13-6-3-10(14)9-12(13)19-2/h3,6,9,11,15H,4-5,7-8,14H2,1-2H3. The summed E-state index contributed by atoms with van der Waals surface area (Å²) in [4.78, 5) is 2.28. The number of hydrogen-bond acceptors (Lipinski definition) is 5. The fourth-order valence-electron chi connectivity index (χ4n) is 2.04. The molecule has 1 aromatic carbocycles. The Balaban J connectivity index is 2.02. The van der Waals surface area contributed by atoms with Crippen molar-refractivity contribution in [1.29, 1.82) is 0 Å². The number of sulfonamides is 1. The zero-order chi connectivity index (χ0) is 14.8. The van der Waals surface area contributed by atoms with Crippen LogP contribution >= 0.6 is 0 Å². The fraction of sp³-hybridized carbons (Fsp3) is 0.538. The summed E-state index contributed by atoms with van der Waals surface area (Å²) in [6.45, 7) is 1.07. The van der Waals surface area contributed by atoms with Crippen molar-refractivity contribution in [3.05, 3.63) is 18.2 Å². The third kappa shape index (κ3) is 3.62. The highest BCUT2D eigenvalue weighted by atomic mass is 32.2. The first kappa shape index (κ1) is 15.1. The molecule has 1 fully saturated rings. The van der Waals surface area contributed by atoms with Crippen LogP contribution in [0, 0.1) is 0 Å². The van der Waals surface area contributed by atoms with Gasteiger partial charge in [-0.05, 0) is 32.0 Å². The summed E-state index contributed by atoms with van der Waals surface area (Å²) in [5, 5.41) is 0. The summed E-state index contributed by atoms with van der Waals surface area (Å²) < 4.78 is 32.2. The molecule has 1 aromatic rings. The van der Waals surface area contributed by atoms with Gasteiger partial charge >= 0.3 is 0 Å². The monoisotopic (exact) mass is 299 g/mol. The van der Waals surface area contributed by atoms with Gasteiger partial charge in [-0.15, -0.1) is 0 Å². The normalized spacial score (nSPS) is 15.6. The molecular formula is C13H21N3O3S. The first-order valence-corrected chi connectivity index (χ1v) is 8.06. The zero-order valence-electron chi connectivity index (χ0n) is 11.8. The zero-order valence-corrected chi connectivity index (χ0v) is 12.6. The first-order chi connectivity index (χ1) is 9.44. The van der Waals surface area contributed by atoms with Crippen LogP contribution in [0.5, 0.6) is 5.75 Å². The molecule has 112 valence electrons. The van der Waals surface area contributed by atoms with Gasteiger partial charge < -0.3 is 15.4 Å². The maximum absolute atomic E-state index is 12.2. The third-order valence-corrected chi connectivity index (χ3v) is 4.90. The van der Waals surface area contributed by atoms with Crippen molar-refractivity contribution >= 4 is 15.7 Å². The van der Waals surface area contributed by atoms with E-state index in [4.69, 9.17) is 10.5 Å². The Labute approximate surface area is 120 Å². The predicted octanol–water partition coefficient (Wildman–Crippen LogP) is 0.650. The number of nitrogens with zero attached hydrogens (tertiary/aromatic N) is 1. The Hall–Kier alpha value is -1.31. The highest BCUT2D eigenvalue weighted by molar-refractivity contribution is 7.89. The van der Waals surface area contributed by atoms with Crippen LogP contribution in [-0.2, 0) is 10.0 Å². The van der Waals surface area contributed by atoms with Gasteiger partial charge in [-0.1, -0.05) is 0 Å². The van der Waals surface area contributed by atoms with Crippen molar-refractivity contribution in [1.82, 2.24) is 9.62 Å². The van der Waals surface area contributed by atoms with Gasteiger partial charge in [0.2, 0.25) is 10.0 Å².